The number of carbonyl (C=O) groups is 1. The van der Waals surface area contributed by atoms with Crippen LogP contribution >= 0.6 is 11.3 Å². The number of urea groups is 1. The van der Waals surface area contributed by atoms with Gasteiger partial charge in [-0.2, -0.15) is 4.31 Å². The lowest BCUT2D eigenvalue weighted by atomic mass is 10.0. The highest BCUT2D eigenvalue weighted by Gasteiger charge is 2.35. The first-order chi connectivity index (χ1) is 11.9. The van der Waals surface area contributed by atoms with E-state index in [0.29, 0.717) is 24.6 Å². The van der Waals surface area contributed by atoms with Gasteiger partial charge in [0.15, 0.2) is 5.13 Å². The number of hydrogen-bond donors (Lipinski definition) is 2. The molecular formula is C16H26N4O3S2. The van der Waals surface area contributed by atoms with E-state index in [9.17, 15) is 13.2 Å². The van der Waals surface area contributed by atoms with E-state index in [1.54, 1.807) is 4.31 Å². The minimum atomic E-state index is -3.24. The number of anilines is 1. The number of carbonyl (C=O) groups excluding carboxylic acids is 1. The lowest BCUT2D eigenvalue weighted by molar-refractivity contribution is 0.250. The molecule has 0 spiro atoms. The monoisotopic (exact) mass is 386 g/mol. The molecule has 1 aliphatic heterocycles. The Morgan fingerprint density at radius 2 is 2.00 bits per heavy atom. The molecule has 2 amide bonds. The molecule has 0 atom stereocenters. The van der Waals surface area contributed by atoms with E-state index in [-0.39, 0.29) is 17.3 Å². The summed E-state index contributed by atoms with van der Waals surface area (Å²) in [6.07, 6.45) is 5.29. The molecule has 0 saturated heterocycles. The second kappa shape index (κ2) is 7.59. The number of aromatic nitrogens is 1. The molecule has 0 unspecified atom stereocenters. The van der Waals surface area contributed by atoms with E-state index in [0.717, 1.165) is 42.7 Å². The fourth-order valence-corrected chi connectivity index (χ4v) is 6.52. The van der Waals surface area contributed by atoms with Crippen molar-refractivity contribution in [2.24, 2.45) is 0 Å². The van der Waals surface area contributed by atoms with Gasteiger partial charge in [-0.25, -0.2) is 18.2 Å². The standard InChI is InChI=1S/C16H26N4O3S2/c1-11(2)17-15(21)19-16-18-13-8-9-20(10-14(13)24-16)25(22,23)12-6-4-3-5-7-12/h11-12H,3-10H2,1-2H3,(H2,17,18,19,21). The largest absolute Gasteiger partial charge is 0.336 e. The van der Waals surface area contributed by atoms with Gasteiger partial charge in [0.2, 0.25) is 10.0 Å². The van der Waals surface area contributed by atoms with Crippen LogP contribution in [-0.2, 0) is 23.0 Å². The van der Waals surface area contributed by atoms with E-state index in [4.69, 9.17) is 0 Å². The molecule has 0 bridgehead atoms. The average molecular weight is 387 g/mol. The maximum absolute atomic E-state index is 12.9. The van der Waals surface area contributed by atoms with Crippen LogP contribution in [0.1, 0.15) is 56.5 Å². The highest BCUT2D eigenvalue weighted by Crippen LogP contribution is 2.33. The van der Waals surface area contributed by atoms with E-state index >= 15 is 0 Å². The van der Waals surface area contributed by atoms with Gasteiger partial charge in [0.05, 0.1) is 10.9 Å². The first-order valence-electron chi connectivity index (χ1n) is 8.91. The number of amides is 2. The van der Waals surface area contributed by atoms with E-state index < -0.39 is 10.0 Å². The fraction of sp³-hybridized carbons (Fsp3) is 0.750. The van der Waals surface area contributed by atoms with Crippen LogP contribution in [0.4, 0.5) is 9.93 Å². The normalized spacial score (nSPS) is 19.6. The van der Waals surface area contributed by atoms with Crippen molar-refractivity contribution in [3.63, 3.8) is 0 Å². The van der Waals surface area contributed by atoms with Crippen molar-refractivity contribution in [3.05, 3.63) is 10.6 Å². The van der Waals surface area contributed by atoms with Gasteiger partial charge >= 0.3 is 6.03 Å². The summed E-state index contributed by atoms with van der Waals surface area (Å²) in [5.74, 6) is 0. The van der Waals surface area contributed by atoms with Crippen molar-refractivity contribution in [3.8, 4) is 0 Å². The number of thiazole rings is 1. The van der Waals surface area contributed by atoms with Crippen LogP contribution in [0.2, 0.25) is 0 Å². The summed E-state index contributed by atoms with van der Waals surface area (Å²) in [5, 5.41) is 5.79. The number of nitrogens with one attached hydrogen (secondary N) is 2. The molecule has 1 aliphatic carbocycles. The number of hydrogen-bond acceptors (Lipinski definition) is 5. The van der Waals surface area contributed by atoms with Gasteiger partial charge in [0, 0.05) is 30.4 Å². The molecule has 140 valence electrons. The molecular weight excluding hydrogens is 360 g/mol. The lowest BCUT2D eigenvalue weighted by Crippen LogP contribution is -2.42. The highest BCUT2D eigenvalue weighted by atomic mass is 32.2. The van der Waals surface area contributed by atoms with Crippen LogP contribution in [0.15, 0.2) is 0 Å². The van der Waals surface area contributed by atoms with E-state index in [1.165, 1.54) is 11.3 Å². The van der Waals surface area contributed by atoms with Gasteiger partial charge in [-0.15, -0.1) is 0 Å². The highest BCUT2D eigenvalue weighted by molar-refractivity contribution is 7.89. The summed E-state index contributed by atoms with van der Waals surface area (Å²) < 4.78 is 27.4. The van der Waals surface area contributed by atoms with Crippen LogP contribution in [-0.4, -0.2) is 41.6 Å². The second-order valence-electron chi connectivity index (χ2n) is 7.03. The van der Waals surface area contributed by atoms with Crippen molar-refractivity contribution < 1.29 is 13.2 Å². The Balaban J connectivity index is 1.68. The zero-order chi connectivity index (χ0) is 18.0. The summed E-state index contributed by atoms with van der Waals surface area (Å²) in [6.45, 7) is 4.63. The Labute approximate surface area is 153 Å². The molecule has 1 saturated carbocycles. The molecule has 7 nitrogen and oxygen atoms in total. The number of nitrogens with zero attached hydrogens (tertiary/aromatic N) is 2. The minimum absolute atomic E-state index is 0.0470. The topological polar surface area (TPSA) is 91.4 Å². The molecule has 0 aromatic carbocycles. The first-order valence-corrected chi connectivity index (χ1v) is 11.2. The van der Waals surface area contributed by atoms with Crippen molar-refractivity contribution in [1.82, 2.24) is 14.6 Å². The third kappa shape index (κ3) is 4.32. The Bertz CT molecular complexity index is 724. The molecule has 2 N–H and O–H groups in total. The Morgan fingerprint density at radius 1 is 1.28 bits per heavy atom. The lowest BCUT2D eigenvalue weighted by Gasteiger charge is -2.31. The quantitative estimate of drug-likeness (QED) is 0.832. The van der Waals surface area contributed by atoms with Gasteiger partial charge in [0.25, 0.3) is 0 Å². The number of rotatable bonds is 4. The fourth-order valence-electron chi connectivity index (χ4n) is 3.41. The maximum atomic E-state index is 12.9. The number of sulfonamides is 1. The molecule has 1 aromatic rings. The van der Waals surface area contributed by atoms with Crippen LogP contribution in [0.5, 0.6) is 0 Å². The average Bonchev–Trinajstić information content (AvgIpc) is 2.95. The summed E-state index contributed by atoms with van der Waals surface area (Å²) in [5.41, 5.74) is 0.903. The summed E-state index contributed by atoms with van der Waals surface area (Å²) in [7, 11) is -3.24. The zero-order valence-electron chi connectivity index (χ0n) is 14.7. The maximum Gasteiger partial charge on any atom is 0.321 e. The molecule has 1 aromatic heterocycles. The Kier molecular flexibility index (Phi) is 5.65. The summed E-state index contributed by atoms with van der Waals surface area (Å²) in [6, 6.07) is -0.238. The smallest absolute Gasteiger partial charge is 0.321 e. The Morgan fingerprint density at radius 3 is 2.68 bits per heavy atom. The van der Waals surface area contributed by atoms with Crippen molar-refractivity contribution >= 4 is 32.5 Å². The predicted molar refractivity (Wildman–Crippen MR) is 99.3 cm³/mol. The van der Waals surface area contributed by atoms with Crippen LogP contribution in [0, 0.1) is 0 Å². The molecule has 2 aliphatic rings. The van der Waals surface area contributed by atoms with Gasteiger partial charge in [0.1, 0.15) is 0 Å². The molecule has 25 heavy (non-hydrogen) atoms. The molecule has 1 fully saturated rings. The SMILES string of the molecule is CC(C)NC(=O)Nc1nc2c(s1)CN(S(=O)(=O)C1CCCCC1)CC2. The minimum Gasteiger partial charge on any atom is -0.336 e. The van der Waals surface area contributed by atoms with Gasteiger partial charge in [-0.05, 0) is 26.7 Å². The van der Waals surface area contributed by atoms with E-state index in [1.807, 2.05) is 13.8 Å². The third-order valence-corrected chi connectivity index (χ3v) is 8.01. The van der Waals surface area contributed by atoms with Gasteiger partial charge in [-0.1, -0.05) is 30.6 Å². The first kappa shape index (κ1) is 18.6. The van der Waals surface area contributed by atoms with Gasteiger partial charge < -0.3 is 5.32 Å². The zero-order valence-corrected chi connectivity index (χ0v) is 16.4. The van der Waals surface area contributed by atoms with Crippen molar-refractivity contribution in [1.29, 1.82) is 0 Å². The molecule has 0 radical (unpaired) electrons. The third-order valence-electron chi connectivity index (χ3n) is 4.67. The van der Waals surface area contributed by atoms with Crippen LogP contribution < -0.4 is 10.6 Å². The summed E-state index contributed by atoms with van der Waals surface area (Å²) >= 11 is 1.37. The summed E-state index contributed by atoms with van der Waals surface area (Å²) in [4.78, 5) is 17.2. The van der Waals surface area contributed by atoms with Crippen molar-refractivity contribution in [2.75, 3.05) is 11.9 Å². The van der Waals surface area contributed by atoms with Gasteiger partial charge in [-0.3, -0.25) is 5.32 Å². The van der Waals surface area contributed by atoms with E-state index in [2.05, 4.69) is 15.6 Å². The van der Waals surface area contributed by atoms with Crippen LogP contribution in [0.25, 0.3) is 0 Å². The Hall–Kier alpha value is -1.19. The second-order valence-corrected chi connectivity index (χ2v) is 10.3. The molecule has 9 heteroatoms. The van der Waals surface area contributed by atoms with Crippen LogP contribution in [0.3, 0.4) is 0 Å². The van der Waals surface area contributed by atoms with Crippen molar-refractivity contribution in [2.45, 2.75) is 70.2 Å². The predicted octanol–water partition coefficient (Wildman–Crippen LogP) is 2.69. The molecule has 2 heterocycles. The molecule has 3 rings (SSSR count). The number of fused-ring (bicyclic) bond motifs is 1.